The van der Waals surface area contributed by atoms with Gasteiger partial charge in [-0.2, -0.15) is 0 Å². The number of carbonyl (C=O) groups excluding carboxylic acids is 1. The zero-order valence-corrected chi connectivity index (χ0v) is 19.4. The van der Waals surface area contributed by atoms with Gasteiger partial charge in [-0.1, -0.05) is 26.0 Å². The van der Waals surface area contributed by atoms with Crippen molar-refractivity contribution in [3.8, 4) is 0 Å². The highest BCUT2D eigenvalue weighted by Crippen LogP contribution is 2.29. The highest BCUT2D eigenvalue weighted by molar-refractivity contribution is 5.84. The SMILES string of the molecule is CC(C(O)CO)C1OC(C(=O)O)=CC(C)[C@H]1NC(=O)CN/C=C(\N)c1ccc(N(C)C)cc1. The molecule has 2 rings (SSSR count). The lowest BCUT2D eigenvalue weighted by molar-refractivity contribution is -0.141. The minimum atomic E-state index is -1.23. The number of aliphatic hydroxyl groups is 2. The number of carbonyl (C=O) groups is 2. The van der Waals surface area contributed by atoms with Crippen LogP contribution in [0.1, 0.15) is 19.4 Å². The van der Waals surface area contributed by atoms with Gasteiger partial charge in [-0.25, -0.2) is 4.79 Å². The van der Waals surface area contributed by atoms with E-state index in [0.717, 1.165) is 11.3 Å². The number of rotatable bonds is 10. The Kier molecular flexibility index (Phi) is 9.12. The molecule has 0 saturated carbocycles. The van der Waals surface area contributed by atoms with E-state index in [-0.39, 0.29) is 24.1 Å². The average molecular weight is 463 g/mol. The molecule has 10 nitrogen and oxygen atoms in total. The number of carboxylic acid groups (broad SMARTS) is 1. The van der Waals surface area contributed by atoms with Crippen LogP contribution in [0.3, 0.4) is 0 Å². The molecule has 1 aromatic carbocycles. The number of aliphatic carboxylic acids is 1. The maximum atomic E-state index is 12.6. The first-order valence-corrected chi connectivity index (χ1v) is 10.7. The number of amides is 1. The molecule has 4 unspecified atom stereocenters. The van der Waals surface area contributed by atoms with Gasteiger partial charge >= 0.3 is 5.97 Å². The largest absolute Gasteiger partial charge is 0.481 e. The topological polar surface area (TPSA) is 157 Å². The number of nitrogens with zero attached hydrogens (tertiary/aromatic N) is 1. The molecule has 1 amide bonds. The molecule has 0 saturated heterocycles. The van der Waals surface area contributed by atoms with Crippen molar-refractivity contribution in [3.63, 3.8) is 0 Å². The highest BCUT2D eigenvalue weighted by atomic mass is 16.5. The van der Waals surface area contributed by atoms with Gasteiger partial charge in [-0.05, 0) is 23.8 Å². The Hall–Kier alpha value is -3.24. The molecule has 1 aromatic rings. The number of benzene rings is 1. The van der Waals surface area contributed by atoms with Crippen LogP contribution in [0.25, 0.3) is 5.70 Å². The second-order valence-electron chi connectivity index (χ2n) is 8.40. The van der Waals surface area contributed by atoms with Crippen LogP contribution in [0.4, 0.5) is 5.69 Å². The monoisotopic (exact) mass is 462 g/mol. The van der Waals surface area contributed by atoms with E-state index in [1.807, 2.05) is 43.3 Å². The van der Waals surface area contributed by atoms with E-state index in [4.69, 9.17) is 10.5 Å². The van der Waals surface area contributed by atoms with E-state index in [1.54, 1.807) is 20.0 Å². The van der Waals surface area contributed by atoms with E-state index in [1.165, 1.54) is 6.08 Å². The number of hydrogen-bond acceptors (Lipinski definition) is 8. The van der Waals surface area contributed by atoms with Gasteiger partial charge in [0.25, 0.3) is 0 Å². The average Bonchev–Trinajstić information content (AvgIpc) is 2.78. The Bertz CT molecular complexity index is 883. The van der Waals surface area contributed by atoms with Crippen LogP contribution in [-0.4, -0.2) is 72.7 Å². The lowest BCUT2D eigenvalue weighted by Gasteiger charge is -2.39. The first-order valence-electron chi connectivity index (χ1n) is 10.7. The molecule has 0 fully saturated rings. The summed E-state index contributed by atoms with van der Waals surface area (Å²) in [6.45, 7) is 2.80. The molecule has 0 bridgehead atoms. The van der Waals surface area contributed by atoms with Crippen LogP contribution in [0.5, 0.6) is 0 Å². The Morgan fingerprint density at radius 2 is 1.91 bits per heavy atom. The molecule has 10 heteroatoms. The normalized spacial score (nSPS) is 22.4. The predicted molar refractivity (Wildman–Crippen MR) is 125 cm³/mol. The molecule has 0 aliphatic carbocycles. The molecular formula is C23H34N4O6. The third kappa shape index (κ3) is 6.87. The van der Waals surface area contributed by atoms with E-state index in [9.17, 15) is 24.9 Å². The van der Waals surface area contributed by atoms with Crippen LogP contribution in [-0.2, 0) is 14.3 Å². The molecule has 33 heavy (non-hydrogen) atoms. The van der Waals surface area contributed by atoms with Crippen molar-refractivity contribution in [1.29, 1.82) is 0 Å². The Labute approximate surface area is 193 Å². The van der Waals surface area contributed by atoms with Crippen molar-refractivity contribution in [3.05, 3.63) is 47.9 Å². The summed E-state index contributed by atoms with van der Waals surface area (Å²) < 4.78 is 5.56. The van der Waals surface area contributed by atoms with Crippen LogP contribution < -0.4 is 21.3 Å². The maximum absolute atomic E-state index is 12.6. The summed E-state index contributed by atoms with van der Waals surface area (Å²) in [4.78, 5) is 25.9. The quantitative estimate of drug-likeness (QED) is 0.283. The minimum Gasteiger partial charge on any atom is -0.481 e. The lowest BCUT2D eigenvalue weighted by atomic mass is 9.84. The van der Waals surface area contributed by atoms with Gasteiger partial charge in [0, 0.05) is 37.8 Å². The predicted octanol–water partition coefficient (Wildman–Crippen LogP) is 0.0768. The summed E-state index contributed by atoms with van der Waals surface area (Å²) >= 11 is 0. The van der Waals surface area contributed by atoms with Crippen molar-refractivity contribution < 1.29 is 29.6 Å². The summed E-state index contributed by atoms with van der Waals surface area (Å²) in [5.74, 6) is -2.83. The van der Waals surface area contributed by atoms with Crippen LogP contribution in [0.2, 0.25) is 0 Å². The van der Waals surface area contributed by atoms with Crippen LogP contribution in [0, 0.1) is 11.8 Å². The summed E-state index contributed by atoms with van der Waals surface area (Å²) in [6, 6.07) is 7.05. The fourth-order valence-electron chi connectivity index (χ4n) is 3.58. The summed E-state index contributed by atoms with van der Waals surface area (Å²) in [7, 11) is 3.89. The molecule has 182 valence electrons. The van der Waals surface area contributed by atoms with Gasteiger partial charge in [0.15, 0.2) is 0 Å². The highest BCUT2D eigenvalue weighted by Gasteiger charge is 2.40. The summed E-state index contributed by atoms with van der Waals surface area (Å²) in [5.41, 5.74) is 8.40. The lowest BCUT2D eigenvalue weighted by Crippen LogP contribution is -2.56. The van der Waals surface area contributed by atoms with Gasteiger partial charge in [0.05, 0.1) is 31.0 Å². The Morgan fingerprint density at radius 1 is 1.27 bits per heavy atom. The first-order chi connectivity index (χ1) is 15.5. The second kappa shape index (κ2) is 11.6. The maximum Gasteiger partial charge on any atom is 0.370 e. The standard InChI is InChI=1S/C23H34N4O6/c1-13-9-19(23(31)32)33-22(14(2)18(29)12-28)21(13)26-20(30)11-25-10-17(24)15-5-7-16(8-6-15)27(3)4/h5-10,13-14,18,21-22,25,28-29H,11-12,24H2,1-4H3,(H,26,30)(H,31,32)/b17-10-/t13?,14?,18?,21-,22?/m1/s1. The number of nitrogens with one attached hydrogen (secondary N) is 2. The number of anilines is 1. The Balaban J connectivity index is 2.03. The molecule has 1 aliphatic heterocycles. The van der Waals surface area contributed by atoms with Crippen LogP contribution in [0.15, 0.2) is 42.3 Å². The first kappa shape index (κ1) is 26.0. The van der Waals surface area contributed by atoms with Gasteiger partial charge in [0.1, 0.15) is 6.10 Å². The fraction of sp³-hybridized carbons (Fsp3) is 0.478. The van der Waals surface area contributed by atoms with E-state index >= 15 is 0 Å². The second-order valence-corrected chi connectivity index (χ2v) is 8.40. The molecule has 1 aliphatic rings. The van der Waals surface area contributed by atoms with E-state index in [0.29, 0.717) is 5.70 Å². The number of ether oxygens (including phenoxy) is 1. The molecule has 5 atom stereocenters. The molecule has 0 radical (unpaired) electrons. The van der Waals surface area contributed by atoms with Gasteiger partial charge in [0.2, 0.25) is 11.7 Å². The van der Waals surface area contributed by atoms with Gasteiger partial charge in [-0.3, -0.25) is 4.79 Å². The van der Waals surface area contributed by atoms with E-state index < -0.39 is 36.7 Å². The third-order valence-corrected chi connectivity index (χ3v) is 5.69. The Morgan fingerprint density at radius 3 is 2.45 bits per heavy atom. The molecule has 0 spiro atoms. The van der Waals surface area contributed by atoms with Crippen molar-refractivity contribution >= 4 is 23.3 Å². The zero-order valence-electron chi connectivity index (χ0n) is 19.4. The number of carboxylic acids is 1. The number of hydrogen-bond donors (Lipinski definition) is 6. The van der Waals surface area contributed by atoms with Gasteiger partial charge in [-0.15, -0.1) is 0 Å². The van der Waals surface area contributed by atoms with Crippen molar-refractivity contribution in [2.75, 3.05) is 32.1 Å². The third-order valence-electron chi connectivity index (χ3n) is 5.69. The van der Waals surface area contributed by atoms with Crippen LogP contribution >= 0.6 is 0 Å². The fourth-order valence-corrected chi connectivity index (χ4v) is 3.58. The van der Waals surface area contributed by atoms with Crippen molar-refractivity contribution in [2.45, 2.75) is 32.1 Å². The summed E-state index contributed by atoms with van der Waals surface area (Å²) in [6.07, 6.45) is 1.00. The summed E-state index contributed by atoms with van der Waals surface area (Å²) in [5, 5.41) is 34.4. The molecule has 7 N–H and O–H groups in total. The minimum absolute atomic E-state index is 0.0706. The molecule has 0 aromatic heterocycles. The van der Waals surface area contributed by atoms with Crippen molar-refractivity contribution in [2.24, 2.45) is 17.6 Å². The molecular weight excluding hydrogens is 428 g/mol. The van der Waals surface area contributed by atoms with E-state index in [2.05, 4.69) is 10.6 Å². The number of aliphatic hydroxyl groups excluding tert-OH is 2. The number of nitrogens with two attached hydrogens (primary N) is 1. The molecule has 1 heterocycles. The van der Waals surface area contributed by atoms with Gasteiger partial charge < -0.3 is 41.3 Å². The zero-order chi connectivity index (χ0) is 24.7. The van der Waals surface area contributed by atoms with Crippen molar-refractivity contribution in [1.82, 2.24) is 10.6 Å². The smallest absolute Gasteiger partial charge is 0.370 e.